The monoisotopic (exact) mass is 405 g/mol. The van der Waals surface area contributed by atoms with Crippen molar-refractivity contribution in [2.75, 3.05) is 25.5 Å². The Morgan fingerprint density at radius 2 is 2.10 bits per heavy atom. The van der Waals surface area contributed by atoms with Gasteiger partial charge in [-0.1, -0.05) is 19.1 Å². The van der Waals surface area contributed by atoms with Crippen LogP contribution in [-0.2, 0) is 4.79 Å². The second kappa shape index (κ2) is 10.7. The lowest BCUT2D eigenvalue weighted by atomic mass is 9.84. The number of amides is 1. The van der Waals surface area contributed by atoms with Crippen molar-refractivity contribution in [2.24, 2.45) is 10.9 Å². The van der Waals surface area contributed by atoms with Gasteiger partial charge in [-0.25, -0.2) is 0 Å². The molecular formula is C24H31N5O. The fourth-order valence-corrected chi connectivity index (χ4v) is 4.13. The summed E-state index contributed by atoms with van der Waals surface area (Å²) in [7, 11) is 1.55. The minimum atomic E-state index is -0.319. The van der Waals surface area contributed by atoms with E-state index in [1.165, 1.54) is 29.8 Å². The summed E-state index contributed by atoms with van der Waals surface area (Å²) in [5, 5.41) is 17.9. The third kappa shape index (κ3) is 5.58. The first-order chi connectivity index (χ1) is 14.6. The second-order valence-corrected chi connectivity index (χ2v) is 8.07. The zero-order chi connectivity index (χ0) is 21.3. The molecule has 1 aromatic rings. The fraction of sp³-hybridized carbons (Fsp3) is 0.458. The molecule has 2 aliphatic rings. The van der Waals surface area contributed by atoms with Crippen LogP contribution in [-0.4, -0.2) is 31.9 Å². The van der Waals surface area contributed by atoms with Crippen LogP contribution in [0.4, 0.5) is 5.69 Å². The van der Waals surface area contributed by atoms with Gasteiger partial charge >= 0.3 is 0 Å². The van der Waals surface area contributed by atoms with E-state index in [9.17, 15) is 4.79 Å². The molecule has 0 bridgehead atoms. The van der Waals surface area contributed by atoms with E-state index in [4.69, 9.17) is 5.26 Å². The van der Waals surface area contributed by atoms with Crippen LogP contribution in [0.2, 0.25) is 0 Å². The first-order valence-corrected chi connectivity index (χ1v) is 10.8. The highest BCUT2D eigenvalue weighted by atomic mass is 16.2. The number of benzene rings is 1. The number of piperidine rings is 1. The number of allylic oxidation sites excluding steroid dienone is 3. The highest BCUT2D eigenvalue weighted by Gasteiger charge is 2.21. The highest BCUT2D eigenvalue weighted by Crippen LogP contribution is 2.37. The maximum atomic E-state index is 12.8. The molecule has 158 valence electrons. The van der Waals surface area contributed by atoms with Gasteiger partial charge in [0.05, 0.1) is 6.07 Å². The molecule has 1 aliphatic carbocycles. The van der Waals surface area contributed by atoms with Crippen molar-refractivity contribution in [1.82, 2.24) is 10.6 Å². The molecule has 30 heavy (non-hydrogen) atoms. The summed E-state index contributed by atoms with van der Waals surface area (Å²) in [6, 6.07) is 8.34. The third-order valence-corrected chi connectivity index (χ3v) is 5.94. The zero-order valence-corrected chi connectivity index (χ0v) is 17.9. The van der Waals surface area contributed by atoms with E-state index in [0.29, 0.717) is 11.8 Å². The Labute approximate surface area is 179 Å². The Morgan fingerprint density at radius 3 is 2.77 bits per heavy atom. The van der Waals surface area contributed by atoms with E-state index < -0.39 is 0 Å². The summed E-state index contributed by atoms with van der Waals surface area (Å²) in [5.74, 6) is 1.11. The topological polar surface area (TPSA) is 89.3 Å². The largest absolute Gasteiger partial charge is 0.342 e. The molecule has 1 heterocycles. The van der Waals surface area contributed by atoms with Gasteiger partial charge in [0.1, 0.15) is 0 Å². The summed E-state index contributed by atoms with van der Waals surface area (Å²) in [5.41, 5.74) is 4.59. The number of anilines is 1. The molecule has 3 N–H and O–H groups in total. The minimum Gasteiger partial charge on any atom is -0.342 e. The fourth-order valence-electron chi connectivity index (χ4n) is 4.13. The summed E-state index contributed by atoms with van der Waals surface area (Å²) in [4.78, 5) is 16.8. The van der Waals surface area contributed by atoms with Gasteiger partial charge < -0.3 is 16.0 Å². The molecule has 1 aromatic carbocycles. The lowest BCUT2D eigenvalue weighted by molar-refractivity contribution is -0.110. The van der Waals surface area contributed by atoms with Crippen LogP contribution in [0.5, 0.6) is 0 Å². The Hall–Kier alpha value is -2.91. The molecule has 1 saturated heterocycles. The number of amidine groups is 1. The lowest BCUT2D eigenvalue weighted by Crippen LogP contribution is -2.33. The molecule has 6 nitrogen and oxygen atoms in total. The number of rotatable bonds is 4. The zero-order valence-electron chi connectivity index (χ0n) is 17.9. The predicted molar refractivity (Wildman–Crippen MR) is 122 cm³/mol. The number of aliphatic imine (C=N–C) groups is 1. The number of nitrogens with one attached hydrogen (secondary N) is 3. The second-order valence-electron chi connectivity index (χ2n) is 8.07. The van der Waals surface area contributed by atoms with Crippen LogP contribution in [0, 0.1) is 17.2 Å². The lowest BCUT2D eigenvalue weighted by Gasteiger charge is -2.26. The summed E-state index contributed by atoms with van der Waals surface area (Å²) >= 11 is 0. The Morgan fingerprint density at radius 1 is 1.30 bits per heavy atom. The maximum Gasteiger partial charge on any atom is 0.291 e. The standard InChI is InChI=1S/C24H31N5O/c1-17-4-6-19(7-5-17)21-16-20(18-10-14-27-15-11-18)8-9-22(21)29-24(30)23(26-2)28-13-3-12-25/h3,6,8-9,13,16-18,27H,4-5,7,10-11,14-15H2,1-2H3,(H,26,28)(H,29,30)/b13-3+. The number of nitriles is 1. The van der Waals surface area contributed by atoms with Gasteiger partial charge in [-0.05, 0) is 80.3 Å². The van der Waals surface area contributed by atoms with Crippen LogP contribution in [0.3, 0.4) is 0 Å². The van der Waals surface area contributed by atoms with Crippen LogP contribution < -0.4 is 16.0 Å². The molecule has 1 amide bonds. The molecular weight excluding hydrogens is 374 g/mol. The van der Waals surface area contributed by atoms with Crippen molar-refractivity contribution in [3.05, 3.63) is 47.7 Å². The van der Waals surface area contributed by atoms with E-state index in [1.54, 1.807) is 7.05 Å². The third-order valence-electron chi connectivity index (χ3n) is 5.94. The Bertz CT molecular complexity index is 887. The molecule has 1 atom stereocenters. The van der Waals surface area contributed by atoms with Crippen molar-refractivity contribution >= 4 is 23.0 Å². The van der Waals surface area contributed by atoms with Crippen molar-refractivity contribution in [2.45, 2.75) is 44.9 Å². The van der Waals surface area contributed by atoms with Crippen molar-refractivity contribution in [3.8, 4) is 6.07 Å². The number of hydrogen-bond donors (Lipinski definition) is 3. The van der Waals surface area contributed by atoms with Crippen LogP contribution in [0.15, 0.2) is 41.5 Å². The van der Waals surface area contributed by atoms with Crippen molar-refractivity contribution in [3.63, 3.8) is 0 Å². The van der Waals surface area contributed by atoms with Gasteiger partial charge in [0.25, 0.3) is 5.91 Å². The first kappa shape index (κ1) is 21.8. The molecule has 0 radical (unpaired) electrons. The molecule has 1 fully saturated rings. The summed E-state index contributed by atoms with van der Waals surface area (Å²) in [6.45, 7) is 4.39. The van der Waals surface area contributed by atoms with Crippen LogP contribution in [0.1, 0.15) is 56.1 Å². The number of hydrogen-bond acceptors (Lipinski definition) is 4. The average molecular weight is 406 g/mol. The van der Waals surface area contributed by atoms with Gasteiger partial charge in [0.15, 0.2) is 5.84 Å². The average Bonchev–Trinajstić information content (AvgIpc) is 2.78. The van der Waals surface area contributed by atoms with Crippen molar-refractivity contribution in [1.29, 1.82) is 5.26 Å². The van der Waals surface area contributed by atoms with E-state index in [-0.39, 0.29) is 11.7 Å². The number of carbonyl (C=O) groups is 1. The van der Waals surface area contributed by atoms with Crippen LogP contribution in [0.25, 0.3) is 5.57 Å². The molecule has 1 unspecified atom stereocenters. The van der Waals surface area contributed by atoms with Gasteiger partial charge in [-0.15, -0.1) is 0 Å². The molecule has 1 aliphatic heterocycles. The predicted octanol–water partition coefficient (Wildman–Crippen LogP) is 3.95. The van der Waals surface area contributed by atoms with E-state index in [1.807, 2.05) is 12.1 Å². The van der Waals surface area contributed by atoms with E-state index in [2.05, 4.69) is 46.1 Å². The maximum absolute atomic E-state index is 12.8. The van der Waals surface area contributed by atoms with E-state index in [0.717, 1.165) is 50.0 Å². The summed E-state index contributed by atoms with van der Waals surface area (Å²) < 4.78 is 0. The Balaban J connectivity index is 1.87. The SMILES string of the molecule is CN=C(N/C=C/C#N)C(=O)Nc1ccc(C2CCNCC2)cc1C1=CCC(C)CC1. The molecule has 0 saturated carbocycles. The smallest absolute Gasteiger partial charge is 0.291 e. The number of carbonyl (C=O) groups excluding carboxylic acids is 1. The van der Waals surface area contributed by atoms with Crippen molar-refractivity contribution < 1.29 is 4.79 Å². The quantitative estimate of drug-likeness (QED) is 0.402. The van der Waals surface area contributed by atoms with E-state index >= 15 is 0 Å². The van der Waals surface area contributed by atoms with Gasteiger partial charge in [-0.2, -0.15) is 5.26 Å². The molecule has 3 rings (SSSR count). The minimum absolute atomic E-state index is 0.168. The molecule has 6 heteroatoms. The molecule has 0 spiro atoms. The summed E-state index contributed by atoms with van der Waals surface area (Å²) in [6.07, 6.45) is 10.6. The van der Waals surface area contributed by atoms with Gasteiger partial charge in [0.2, 0.25) is 0 Å². The Kier molecular flexibility index (Phi) is 7.81. The highest BCUT2D eigenvalue weighted by molar-refractivity contribution is 6.42. The van der Waals surface area contributed by atoms with Crippen LogP contribution >= 0.6 is 0 Å². The normalized spacial score (nSPS) is 20.5. The number of nitrogens with zero attached hydrogens (tertiary/aromatic N) is 2. The molecule has 0 aromatic heterocycles. The first-order valence-electron chi connectivity index (χ1n) is 10.8. The van der Waals surface area contributed by atoms with Gasteiger partial charge in [0, 0.05) is 30.6 Å². The van der Waals surface area contributed by atoms with Gasteiger partial charge in [-0.3, -0.25) is 9.79 Å².